The molecule has 0 aromatic carbocycles. The van der Waals surface area contributed by atoms with Crippen molar-refractivity contribution in [3.63, 3.8) is 0 Å². The molecule has 1 aliphatic carbocycles. The molecular formula is C21H22ClN5O4S. The molecule has 11 heteroatoms. The molecule has 1 amide bonds. The Hall–Kier alpha value is -2.82. The second-order valence-corrected chi connectivity index (χ2v) is 8.82. The first-order valence-electron chi connectivity index (χ1n) is 10.1. The van der Waals surface area contributed by atoms with Gasteiger partial charge in [-0.05, 0) is 55.6 Å². The first-order chi connectivity index (χ1) is 15.4. The summed E-state index contributed by atoms with van der Waals surface area (Å²) in [6.45, 7) is 2.25. The molecule has 3 aromatic heterocycles. The number of aliphatic hydroxyl groups excluding tert-OH is 1. The third-order valence-electron chi connectivity index (χ3n) is 5.21. The quantitative estimate of drug-likeness (QED) is 0.496. The van der Waals surface area contributed by atoms with Crippen LogP contribution in [0.25, 0.3) is 11.1 Å². The van der Waals surface area contributed by atoms with E-state index in [0.29, 0.717) is 40.3 Å². The molecule has 1 fully saturated rings. The summed E-state index contributed by atoms with van der Waals surface area (Å²) in [5.41, 5.74) is 2.09. The molecule has 9 nitrogen and oxygen atoms in total. The van der Waals surface area contributed by atoms with Gasteiger partial charge in [-0.2, -0.15) is 0 Å². The average Bonchev–Trinajstić information content (AvgIpc) is 3.39. The van der Waals surface area contributed by atoms with Gasteiger partial charge in [0.25, 0.3) is 11.1 Å². The number of aliphatic hydroxyl groups is 1. The van der Waals surface area contributed by atoms with E-state index in [1.807, 2.05) is 0 Å². The molecular weight excluding hydrogens is 454 g/mol. The zero-order chi connectivity index (χ0) is 22.7. The minimum atomic E-state index is -0.474. The van der Waals surface area contributed by atoms with E-state index in [4.69, 9.17) is 21.1 Å². The van der Waals surface area contributed by atoms with Crippen LogP contribution in [-0.2, 0) is 0 Å². The number of aromatic nitrogens is 4. The van der Waals surface area contributed by atoms with Crippen LogP contribution < -0.4 is 14.8 Å². The summed E-state index contributed by atoms with van der Waals surface area (Å²) in [6, 6.07) is 3.51. The van der Waals surface area contributed by atoms with Crippen LogP contribution in [0.4, 0.5) is 5.13 Å². The van der Waals surface area contributed by atoms with E-state index < -0.39 is 5.91 Å². The molecule has 1 saturated carbocycles. The summed E-state index contributed by atoms with van der Waals surface area (Å²) >= 11 is 7.50. The third kappa shape index (κ3) is 4.98. The maximum absolute atomic E-state index is 13.1. The number of carbonyl (C=O) groups is 1. The van der Waals surface area contributed by atoms with Gasteiger partial charge in [-0.1, -0.05) is 16.7 Å². The normalized spacial score (nSPS) is 17.9. The van der Waals surface area contributed by atoms with E-state index in [9.17, 15) is 9.90 Å². The van der Waals surface area contributed by atoms with Crippen LogP contribution in [0.3, 0.4) is 0 Å². The van der Waals surface area contributed by atoms with Crippen molar-refractivity contribution in [3.05, 3.63) is 40.9 Å². The van der Waals surface area contributed by atoms with Crippen LogP contribution in [-0.4, -0.2) is 51.0 Å². The van der Waals surface area contributed by atoms with Gasteiger partial charge >= 0.3 is 0 Å². The molecule has 2 atom stereocenters. The maximum atomic E-state index is 13.1. The Bertz CT molecular complexity index is 1130. The Morgan fingerprint density at radius 1 is 1.34 bits per heavy atom. The van der Waals surface area contributed by atoms with Gasteiger partial charge in [-0.3, -0.25) is 15.1 Å². The second-order valence-electron chi connectivity index (χ2n) is 7.52. The Kier molecular flexibility index (Phi) is 6.83. The predicted octanol–water partition coefficient (Wildman–Crippen LogP) is 3.76. The van der Waals surface area contributed by atoms with E-state index in [1.54, 1.807) is 31.5 Å². The molecule has 32 heavy (non-hydrogen) atoms. The Morgan fingerprint density at radius 3 is 2.94 bits per heavy atom. The molecule has 3 heterocycles. The van der Waals surface area contributed by atoms with Crippen LogP contribution in [0.5, 0.6) is 10.9 Å². The van der Waals surface area contributed by atoms with Crippen LogP contribution in [0.1, 0.15) is 35.3 Å². The highest BCUT2D eigenvalue weighted by Gasteiger charge is 2.25. The molecule has 0 saturated heterocycles. The summed E-state index contributed by atoms with van der Waals surface area (Å²) in [5.74, 6) is 0.326. The minimum absolute atomic E-state index is 0.0668. The number of anilines is 1. The fourth-order valence-corrected chi connectivity index (χ4v) is 4.62. The maximum Gasteiger partial charge on any atom is 0.295 e. The molecule has 0 unspecified atom stereocenters. The summed E-state index contributed by atoms with van der Waals surface area (Å²) in [7, 11) is 1.53. The van der Waals surface area contributed by atoms with E-state index in [-0.39, 0.29) is 22.0 Å². The first kappa shape index (κ1) is 22.4. The third-order valence-corrected chi connectivity index (χ3v) is 6.23. The Labute approximate surface area is 193 Å². The monoisotopic (exact) mass is 475 g/mol. The van der Waals surface area contributed by atoms with Crippen molar-refractivity contribution in [3.8, 4) is 22.1 Å². The van der Waals surface area contributed by atoms with Gasteiger partial charge in [0.15, 0.2) is 0 Å². The number of aryl methyl sites for hydroxylation is 1. The number of rotatable bonds is 7. The van der Waals surface area contributed by atoms with Crippen molar-refractivity contribution < 1.29 is 19.4 Å². The number of halogens is 1. The molecule has 0 bridgehead atoms. The number of amides is 1. The zero-order valence-corrected chi connectivity index (χ0v) is 19.1. The van der Waals surface area contributed by atoms with Gasteiger partial charge in [0.05, 0.1) is 31.6 Å². The molecule has 2 N–H and O–H groups in total. The SMILES string of the molecule is COc1cnccc1-c1cc(C)nc(Cl)c1C(=O)Nc1nnc(OC[C@H]2CC[C@@H](O)C2)s1. The van der Waals surface area contributed by atoms with Crippen molar-refractivity contribution in [2.75, 3.05) is 19.0 Å². The fraction of sp³-hybridized carbons (Fsp3) is 0.381. The van der Waals surface area contributed by atoms with Crippen molar-refractivity contribution in [2.45, 2.75) is 32.3 Å². The van der Waals surface area contributed by atoms with Crippen LogP contribution in [0.15, 0.2) is 24.5 Å². The number of hydrogen-bond acceptors (Lipinski definition) is 9. The summed E-state index contributed by atoms with van der Waals surface area (Å²) in [5, 5.41) is 21.0. The van der Waals surface area contributed by atoms with Crippen LogP contribution in [0, 0.1) is 12.8 Å². The zero-order valence-electron chi connectivity index (χ0n) is 17.5. The lowest BCUT2D eigenvalue weighted by Gasteiger charge is -2.14. The second kappa shape index (κ2) is 9.76. The summed E-state index contributed by atoms with van der Waals surface area (Å²) < 4.78 is 11.1. The van der Waals surface area contributed by atoms with Crippen LogP contribution in [0.2, 0.25) is 5.15 Å². The highest BCUT2D eigenvalue weighted by atomic mass is 35.5. The fourth-order valence-electron chi connectivity index (χ4n) is 3.70. The van der Waals surface area contributed by atoms with Gasteiger partial charge in [0.2, 0.25) is 5.13 Å². The number of nitrogens with one attached hydrogen (secondary N) is 1. The van der Waals surface area contributed by atoms with Crippen molar-refractivity contribution >= 4 is 34.0 Å². The standard InChI is InChI=1S/C21H22ClN5O4S/c1-11-7-15(14-5-6-23-9-16(14)30-2)17(18(22)24-11)19(29)25-20-26-27-21(32-20)31-10-12-3-4-13(28)8-12/h5-7,9,12-13,28H,3-4,8,10H2,1-2H3,(H,25,26,29)/t12-,13+/m0/s1. The van der Waals surface area contributed by atoms with Gasteiger partial charge in [-0.25, -0.2) is 4.98 Å². The van der Waals surface area contributed by atoms with E-state index in [1.165, 1.54) is 7.11 Å². The number of nitrogens with zero attached hydrogens (tertiary/aromatic N) is 4. The Balaban J connectivity index is 1.53. The molecule has 0 aliphatic heterocycles. The number of hydrogen-bond donors (Lipinski definition) is 2. The van der Waals surface area contributed by atoms with Gasteiger partial charge in [0, 0.05) is 23.0 Å². The number of pyridine rings is 2. The minimum Gasteiger partial charge on any atom is -0.494 e. The molecule has 0 spiro atoms. The van der Waals surface area contributed by atoms with E-state index >= 15 is 0 Å². The number of carbonyl (C=O) groups excluding carboxylic acids is 1. The van der Waals surface area contributed by atoms with Gasteiger partial charge < -0.3 is 14.6 Å². The highest BCUT2D eigenvalue weighted by Crippen LogP contribution is 2.35. The lowest BCUT2D eigenvalue weighted by Crippen LogP contribution is -2.15. The largest absolute Gasteiger partial charge is 0.494 e. The lowest BCUT2D eigenvalue weighted by atomic mass is 10.0. The van der Waals surface area contributed by atoms with Crippen LogP contribution >= 0.6 is 22.9 Å². The van der Waals surface area contributed by atoms with Crippen molar-refractivity contribution in [1.82, 2.24) is 20.2 Å². The number of methoxy groups -OCH3 is 1. The molecule has 0 radical (unpaired) electrons. The molecule has 3 aromatic rings. The smallest absolute Gasteiger partial charge is 0.295 e. The van der Waals surface area contributed by atoms with E-state index in [2.05, 4.69) is 25.5 Å². The van der Waals surface area contributed by atoms with Crippen molar-refractivity contribution in [2.24, 2.45) is 5.92 Å². The predicted molar refractivity (Wildman–Crippen MR) is 120 cm³/mol. The molecule has 4 rings (SSSR count). The summed E-state index contributed by atoms with van der Waals surface area (Å²) in [4.78, 5) is 21.4. The number of ether oxygens (including phenoxy) is 2. The summed E-state index contributed by atoms with van der Waals surface area (Å²) in [6.07, 6.45) is 5.36. The first-order valence-corrected chi connectivity index (χ1v) is 11.2. The molecule has 1 aliphatic rings. The van der Waals surface area contributed by atoms with Gasteiger partial charge in [0.1, 0.15) is 10.9 Å². The highest BCUT2D eigenvalue weighted by molar-refractivity contribution is 7.17. The lowest BCUT2D eigenvalue weighted by molar-refractivity contribution is 0.102. The Morgan fingerprint density at radius 2 is 2.19 bits per heavy atom. The average molecular weight is 476 g/mol. The topological polar surface area (TPSA) is 119 Å². The molecule has 168 valence electrons. The van der Waals surface area contributed by atoms with Crippen molar-refractivity contribution in [1.29, 1.82) is 0 Å². The van der Waals surface area contributed by atoms with Gasteiger partial charge in [-0.15, -0.1) is 5.10 Å². The van der Waals surface area contributed by atoms with E-state index in [0.717, 1.165) is 30.6 Å².